The molecular weight excluding hydrogens is 259 g/mol. The van der Waals surface area contributed by atoms with Crippen LogP contribution in [0.5, 0.6) is 0 Å². The molecule has 0 atom stereocenters. The summed E-state index contributed by atoms with van der Waals surface area (Å²) < 4.78 is 0. The van der Waals surface area contributed by atoms with Crippen LogP contribution in [0.4, 0.5) is 0 Å². The fourth-order valence-corrected chi connectivity index (χ4v) is 8.05. The fraction of sp³-hybridized carbons (Fsp3) is 0.368. The summed E-state index contributed by atoms with van der Waals surface area (Å²) in [5, 5.41) is 1.68. The Hall–Kier alpha value is -1.13. The lowest BCUT2D eigenvalue weighted by molar-refractivity contribution is 0.745. The molecule has 0 unspecified atom stereocenters. The molecule has 0 bridgehead atoms. The van der Waals surface area contributed by atoms with Gasteiger partial charge in [-0.15, -0.1) is 0 Å². The van der Waals surface area contributed by atoms with Crippen LogP contribution in [0.15, 0.2) is 60.7 Å². The predicted octanol–water partition coefficient (Wildman–Crippen LogP) is 4.76. The van der Waals surface area contributed by atoms with Gasteiger partial charge >= 0.3 is 0 Å². The van der Waals surface area contributed by atoms with Crippen molar-refractivity contribution in [1.82, 2.24) is 0 Å². The van der Waals surface area contributed by atoms with Crippen LogP contribution in [0.25, 0.3) is 0 Å². The van der Waals surface area contributed by atoms with Gasteiger partial charge in [-0.05, 0) is 37.0 Å². The summed E-state index contributed by atoms with van der Waals surface area (Å²) in [4.78, 5) is 0. The van der Waals surface area contributed by atoms with E-state index in [2.05, 4.69) is 60.7 Å². The largest absolute Gasteiger partial charge is 0.0939 e. The maximum Gasteiger partial charge on any atom is 0.0939 e. The molecule has 0 spiro atoms. The Bertz CT molecular complexity index is 512. The van der Waals surface area contributed by atoms with E-state index in [9.17, 15) is 0 Å². The van der Waals surface area contributed by atoms with Crippen molar-refractivity contribution in [3.05, 3.63) is 66.2 Å². The average molecular weight is 283 g/mol. The van der Waals surface area contributed by atoms with Crippen molar-refractivity contribution in [2.45, 2.75) is 25.7 Å². The third kappa shape index (κ3) is 3.13. The van der Waals surface area contributed by atoms with E-state index in [4.69, 9.17) is 0 Å². The number of benzene rings is 2. The van der Waals surface area contributed by atoms with Crippen molar-refractivity contribution < 1.29 is 0 Å². The topological polar surface area (TPSA) is 0 Å². The summed E-state index contributed by atoms with van der Waals surface area (Å²) in [6.07, 6.45) is 9.94. The third-order valence-electron chi connectivity index (χ3n) is 4.65. The van der Waals surface area contributed by atoms with Gasteiger partial charge in [-0.1, -0.05) is 48.5 Å². The van der Waals surface area contributed by atoms with Crippen LogP contribution < -0.4 is 5.30 Å². The van der Waals surface area contributed by atoms with Crippen LogP contribution in [0.2, 0.25) is 0 Å². The van der Waals surface area contributed by atoms with E-state index in [0.29, 0.717) is 0 Å². The molecule has 2 aromatic rings. The van der Waals surface area contributed by atoms with E-state index in [1.165, 1.54) is 49.7 Å². The van der Waals surface area contributed by atoms with Gasteiger partial charge in [0.25, 0.3) is 0 Å². The maximum absolute atomic E-state index is 2.39. The van der Waals surface area contributed by atoms with E-state index in [1.54, 1.807) is 5.30 Å². The van der Waals surface area contributed by atoms with E-state index < -0.39 is 7.26 Å². The van der Waals surface area contributed by atoms with Crippen molar-refractivity contribution in [1.29, 1.82) is 0 Å². The second kappa shape index (κ2) is 6.55. The lowest BCUT2D eigenvalue weighted by atomic mass is 10.2. The molecule has 104 valence electrons. The average Bonchev–Trinajstić information content (AvgIpc) is 2.56. The van der Waals surface area contributed by atoms with Crippen molar-refractivity contribution >= 4 is 12.6 Å². The SMILES string of the molecule is c1ccc(CC[P+]2(c3ccccc3)CCCCC2)cc1. The minimum Gasteiger partial charge on any atom is -0.0622 e. The van der Waals surface area contributed by atoms with Crippen LogP contribution >= 0.6 is 7.26 Å². The summed E-state index contributed by atoms with van der Waals surface area (Å²) in [6.45, 7) is 0. The van der Waals surface area contributed by atoms with Crippen LogP contribution in [0.3, 0.4) is 0 Å². The summed E-state index contributed by atoms with van der Waals surface area (Å²) in [5.41, 5.74) is 1.51. The number of hydrogen-bond donors (Lipinski definition) is 0. The zero-order chi connectivity index (χ0) is 13.7. The van der Waals surface area contributed by atoms with Gasteiger partial charge < -0.3 is 0 Å². The lowest BCUT2D eigenvalue weighted by Crippen LogP contribution is -2.24. The normalized spacial score (nSPS) is 17.8. The molecule has 0 saturated carbocycles. The minimum atomic E-state index is -0.908. The molecule has 0 radical (unpaired) electrons. The van der Waals surface area contributed by atoms with Gasteiger partial charge in [0, 0.05) is 13.7 Å². The monoisotopic (exact) mass is 283 g/mol. The van der Waals surface area contributed by atoms with Crippen molar-refractivity contribution in [2.75, 3.05) is 18.5 Å². The standard InChI is InChI=1S/C19H24P/c1-4-10-18(11-5-1)14-17-20(15-8-3-9-16-20)19-12-6-2-7-13-19/h1-2,4-7,10-13H,3,8-9,14-17H2/q+1. The summed E-state index contributed by atoms with van der Waals surface area (Å²) in [6, 6.07) is 22.4. The second-order valence-electron chi connectivity index (χ2n) is 5.95. The highest BCUT2D eigenvalue weighted by atomic mass is 31.2. The quantitative estimate of drug-likeness (QED) is 0.710. The molecule has 0 aliphatic carbocycles. The Morgan fingerprint density at radius 3 is 1.95 bits per heavy atom. The first-order chi connectivity index (χ1) is 9.89. The van der Waals surface area contributed by atoms with Crippen molar-refractivity contribution in [3.63, 3.8) is 0 Å². The molecule has 1 aliphatic rings. The van der Waals surface area contributed by atoms with Gasteiger partial charge in [0.15, 0.2) is 0 Å². The van der Waals surface area contributed by atoms with Crippen LogP contribution in [-0.4, -0.2) is 18.5 Å². The predicted molar refractivity (Wildman–Crippen MR) is 91.6 cm³/mol. The van der Waals surface area contributed by atoms with Crippen LogP contribution in [0, 0.1) is 0 Å². The number of hydrogen-bond acceptors (Lipinski definition) is 0. The van der Waals surface area contributed by atoms with E-state index in [-0.39, 0.29) is 0 Å². The molecule has 1 saturated heterocycles. The molecule has 1 fully saturated rings. The van der Waals surface area contributed by atoms with Gasteiger partial charge in [0.1, 0.15) is 0 Å². The molecule has 3 rings (SSSR count). The van der Waals surface area contributed by atoms with Gasteiger partial charge in [-0.3, -0.25) is 0 Å². The highest BCUT2D eigenvalue weighted by Crippen LogP contribution is 2.61. The first-order valence-electron chi connectivity index (χ1n) is 7.85. The van der Waals surface area contributed by atoms with Crippen molar-refractivity contribution in [3.8, 4) is 0 Å². The van der Waals surface area contributed by atoms with E-state index in [0.717, 1.165) is 0 Å². The zero-order valence-electron chi connectivity index (χ0n) is 12.2. The molecule has 1 heteroatoms. The minimum absolute atomic E-state index is 0.908. The molecule has 0 nitrogen and oxygen atoms in total. The molecule has 0 N–H and O–H groups in total. The molecule has 2 aromatic carbocycles. The maximum atomic E-state index is 2.39. The molecule has 0 aromatic heterocycles. The molecule has 1 aliphatic heterocycles. The van der Waals surface area contributed by atoms with Gasteiger partial charge in [0.05, 0.1) is 23.8 Å². The second-order valence-corrected chi connectivity index (χ2v) is 10.1. The molecule has 20 heavy (non-hydrogen) atoms. The van der Waals surface area contributed by atoms with Gasteiger partial charge in [0.2, 0.25) is 0 Å². The Labute approximate surface area is 123 Å². The summed E-state index contributed by atoms with van der Waals surface area (Å²) in [5.74, 6) is 0. The van der Waals surface area contributed by atoms with E-state index in [1.807, 2.05) is 0 Å². The highest BCUT2D eigenvalue weighted by molar-refractivity contribution is 7.83. The Balaban J connectivity index is 1.80. The molecule has 1 heterocycles. The number of rotatable bonds is 4. The van der Waals surface area contributed by atoms with Gasteiger partial charge in [-0.25, -0.2) is 0 Å². The Kier molecular flexibility index (Phi) is 4.53. The third-order valence-corrected chi connectivity index (χ3v) is 9.47. The van der Waals surface area contributed by atoms with Crippen LogP contribution in [0.1, 0.15) is 24.8 Å². The zero-order valence-corrected chi connectivity index (χ0v) is 13.1. The Morgan fingerprint density at radius 2 is 1.30 bits per heavy atom. The number of aryl methyl sites for hydroxylation is 1. The summed E-state index contributed by atoms with van der Waals surface area (Å²) in [7, 11) is -0.908. The smallest absolute Gasteiger partial charge is 0.0622 e. The van der Waals surface area contributed by atoms with Crippen molar-refractivity contribution in [2.24, 2.45) is 0 Å². The fourth-order valence-electron chi connectivity index (χ4n) is 3.46. The first-order valence-corrected chi connectivity index (χ1v) is 10.2. The first kappa shape index (κ1) is 13.8. The molecule has 0 amide bonds. The molecular formula is C19H24P+. The van der Waals surface area contributed by atoms with Crippen LogP contribution in [-0.2, 0) is 6.42 Å². The van der Waals surface area contributed by atoms with Gasteiger partial charge in [-0.2, -0.15) is 0 Å². The van der Waals surface area contributed by atoms with E-state index >= 15 is 0 Å². The lowest BCUT2D eigenvalue weighted by Gasteiger charge is -2.31. The highest BCUT2D eigenvalue weighted by Gasteiger charge is 2.40. The summed E-state index contributed by atoms with van der Waals surface area (Å²) >= 11 is 0. The Morgan fingerprint density at radius 1 is 0.700 bits per heavy atom.